The molecular formula is C27H23F2N5O4. The first-order chi connectivity index (χ1) is 18.3. The van der Waals surface area contributed by atoms with Crippen molar-refractivity contribution < 1.29 is 27.8 Å². The molecule has 0 saturated carbocycles. The Bertz CT molecular complexity index is 1430. The van der Waals surface area contributed by atoms with Crippen molar-refractivity contribution in [3.05, 3.63) is 102 Å². The normalized spacial score (nSPS) is 11.3. The molecule has 4 rings (SSSR count). The number of halogens is 2. The van der Waals surface area contributed by atoms with Gasteiger partial charge in [0.25, 0.3) is 0 Å². The van der Waals surface area contributed by atoms with Gasteiger partial charge in [0.1, 0.15) is 29.6 Å². The number of benzene rings is 3. The van der Waals surface area contributed by atoms with Gasteiger partial charge in [0.2, 0.25) is 17.7 Å². The number of nitrogens with two attached hydrogens (primary N) is 1. The number of aromatic nitrogens is 2. The number of nitrogens with one attached hydrogen (secondary N) is 2. The second-order valence-corrected chi connectivity index (χ2v) is 8.07. The average Bonchev–Trinajstić information content (AvgIpc) is 2.91. The number of carbonyl (C=O) groups excluding carboxylic acids is 2. The smallest absolute Gasteiger partial charge is 0.241 e. The zero-order valence-electron chi connectivity index (χ0n) is 20.2. The van der Waals surface area contributed by atoms with Crippen molar-refractivity contribution >= 4 is 23.3 Å². The van der Waals surface area contributed by atoms with Gasteiger partial charge in [-0.2, -0.15) is 0 Å². The predicted molar refractivity (Wildman–Crippen MR) is 136 cm³/mol. The lowest BCUT2D eigenvalue weighted by Crippen LogP contribution is -2.32. The lowest BCUT2D eigenvalue weighted by molar-refractivity contribution is -0.127. The van der Waals surface area contributed by atoms with Crippen LogP contribution in [-0.4, -0.2) is 28.9 Å². The average molecular weight is 520 g/mol. The molecule has 0 aliphatic heterocycles. The van der Waals surface area contributed by atoms with Gasteiger partial charge in [-0.25, -0.2) is 18.7 Å². The van der Waals surface area contributed by atoms with Crippen LogP contribution >= 0.6 is 0 Å². The minimum absolute atomic E-state index is 0.0199. The minimum Gasteiger partial charge on any atom is -0.497 e. The van der Waals surface area contributed by atoms with E-state index in [0.29, 0.717) is 12.4 Å². The van der Waals surface area contributed by atoms with Crippen LogP contribution in [0.1, 0.15) is 17.0 Å². The van der Waals surface area contributed by atoms with Gasteiger partial charge in [0.15, 0.2) is 11.6 Å². The highest BCUT2D eigenvalue weighted by Gasteiger charge is 2.28. The maximum absolute atomic E-state index is 14.9. The molecule has 0 spiro atoms. The van der Waals surface area contributed by atoms with Gasteiger partial charge >= 0.3 is 0 Å². The van der Waals surface area contributed by atoms with Gasteiger partial charge in [-0.15, -0.1) is 0 Å². The molecule has 38 heavy (non-hydrogen) atoms. The van der Waals surface area contributed by atoms with Crippen LogP contribution in [0.25, 0.3) is 0 Å². The third kappa shape index (κ3) is 6.58. The van der Waals surface area contributed by atoms with E-state index in [1.807, 2.05) is 24.3 Å². The van der Waals surface area contributed by atoms with E-state index >= 15 is 0 Å². The summed E-state index contributed by atoms with van der Waals surface area (Å²) in [6.45, 7) is 0.470. The molecule has 0 fully saturated rings. The summed E-state index contributed by atoms with van der Waals surface area (Å²) in [5, 5.41) is 5.60. The van der Waals surface area contributed by atoms with E-state index < -0.39 is 29.4 Å². The highest BCUT2D eigenvalue weighted by molar-refractivity contribution is 6.10. The molecule has 3 aromatic carbocycles. The Morgan fingerprint density at radius 1 is 0.974 bits per heavy atom. The van der Waals surface area contributed by atoms with Crippen LogP contribution in [0.5, 0.6) is 17.4 Å². The monoisotopic (exact) mass is 519 g/mol. The molecule has 1 heterocycles. The molecule has 0 aliphatic rings. The first-order valence-electron chi connectivity index (χ1n) is 11.3. The molecule has 4 N–H and O–H groups in total. The molecule has 0 radical (unpaired) electrons. The summed E-state index contributed by atoms with van der Waals surface area (Å²) in [5.74, 6) is -3.51. The number of primary amides is 1. The van der Waals surface area contributed by atoms with Gasteiger partial charge in [0, 0.05) is 18.3 Å². The summed E-state index contributed by atoms with van der Waals surface area (Å²) in [4.78, 5) is 32.8. The number of methoxy groups -OCH3 is 1. The van der Waals surface area contributed by atoms with Crippen LogP contribution in [-0.2, 0) is 16.1 Å². The third-order valence-electron chi connectivity index (χ3n) is 5.44. The van der Waals surface area contributed by atoms with Crippen molar-refractivity contribution in [3.8, 4) is 17.4 Å². The lowest BCUT2D eigenvalue weighted by Gasteiger charge is -2.15. The second kappa shape index (κ2) is 11.8. The Kier molecular flexibility index (Phi) is 8.07. The Hall–Kier alpha value is -5.06. The van der Waals surface area contributed by atoms with Crippen LogP contribution in [0.4, 0.5) is 20.3 Å². The quantitative estimate of drug-likeness (QED) is 0.265. The van der Waals surface area contributed by atoms with E-state index in [1.165, 1.54) is 36.7 Å². The Labute approximate surface area is 216 Å². The summed E-state index contributed by atoms with van der Waals surface area (Å²) < 4.78 is 38.7. The number of amides is 2. The molecule has 11 heteroatoms. The number of hydrogen-bond donors (Lipinski definition) is 3. The first kappa shape index (κ1) is 26.0. The molecule has 0 aliphatic carbocycles. The fraction of sp³-hybridized carbons (Fsp3) is 0.111. The number of carbonyl (C=O) groups is 2. The Morgan fingerprint density at radius 3 is 2.37 bits per heavy atom. The topological polar surface area (TPSA) is 128 Å². The van der Waals surface area contributed by atoms with Gasteiger partial charge in [-0.05, 0) is 59.7 Å². The van der Waals surface area contributed by atoms with Crippen molar-refractivity contribution in [2.24, 2.45) is 5.73 Å². The molecule has 1 unspecified atom stereocenters. The van der Waals surface area contributed by atoms with Crippen molar-refractivity contribution in [3.63, 3.8) is 0 Å². The van der Waals surface area contributed by atoms with Crippen molar-refractivity contribution in [1.82, 2.24) is 9.97 Å². The van der Waals surface area contributed by atoms with Gasteiger partial charge in [-0.3, -0.25) is 9.59 Å². The molecule has 0 saturated heterocycles. The number of ether oxygens (including phenoxy) is 2. The maximum atomic E-state index is 14.9. The van der Waals surface area contributed by atoms with Crippen LogP contribution in [0, 0.1) is 11.6 Å². The van der Waals surface area contributed by atoms with E-state index in [2.05, 4.69) is 20.6 Å². The van der Waals surface area contributed by atoms with Crippen LogP contribution in [0.3, 0.4) is 0 Å². The Balaban J connectivity index is 1.44. The molecule has 2 amide bonds. The number of nitrogens with zero attached hydrogens (tertiary/aromatic N) is 2. The highest BCUT2D eigenvalue weighted by atomic mass is 19.1. The van der Waals surface area contributed by atoms with Crippen molar-refractivity contribution in [1.29, 1.82) is 0 Å². The van der Waals surface area contributed by atoms with Crippen LogP contribution in [0.2, 0.25) is 0 Å². The van der Waals surface area contributed by atoms with Gasteiger partial charge in [0.05, 0.1) is 7.11 Å². The zero-order valence-corrected chi connectivity index (χ0v) is 20.2. The SMILES string of the molecule is COc1ccc(CNc2cc(Oc3ccc(C(C(N)=O)C(=O)Nc4ccc(F)cc4)cc3F)ncn2)cc1. The third-order valence-corrected chi connectivity index (χ3v) is 5.44. The second-order valence-electron chi connectivity index (χ2n) is 8.07. The Morgan fingerprint density at radius 2 is 1.71 bits per heavy atom. The summed E-state index contributed by atoms with van der Waals surface area (Å²) in [7, 11) is 1.59. The first-order valence-corrected chi connectivity index (χ1v) is 11.3. The fourth-order valence-electron chi connectivity index (χ4n) is 3.51. The van der Waals surface area contributed by atoms with Crippen LogP contribution < -0.4 is 25.8 Å². The molecule has 4 aromatic rings. The molecule has 1 aromatic heterocycles. The molecule has 0 bridgehead atoms. The maximum Gasteiger partial charge on any atom is 0.241 e. The predicted octanol–water partition coefficient (Wildman–Crippen LogP) is 4.38. The zero-order chi connectivity index (χ0) is 27.1. The van der Waals surface area contributed by atoms with Gasteiger partial charge in [-0.1, -0.05) is 18.2 Å². The van der Waals surface area contributed by atoms with E-state index in [0.717, 1.165) is 29.5 Å². The molecule has 9 nitrogen and oxygen atoms in total. The van der Waals surface area contributed by atoms with E-state index in [-0.39, 0.29) is 22.9 Å². The summed E-state index contributed by atoms with van der Waals surface area (Å²) >= 11 is 0. The number of hydrogen-bond acceptors (Lipinski definition) is 7. The van der Waals surface area contributed by atoms with E-state index in [9.17, 15) is 18.4 Å². The number of rotatable bonds is 10. The number of anilines is 2. The summed E-state index contributed by atoms with van der Waals surface area (Å²) in [6, 6.07) is 17.5. The fourth-order valence-corrected chi connectivity index (χ4v) is 3.51. The molecule has 194 valence electrons. The lowest BCUT2D eigenvalue weighted by atomic mass is 9.97. The van der Waals surface area contributed by atoms with Gasteiger partial charge < -0.3 is 25.8 Å². The highest BCUT2D eigenvalue weighted by Crippen LogP contribution is 2.28. The van der Waals surface area contributed by atoms with Crippen molar-refractivity contribution in [2.45, 2.75) is 12.5 Å². The van der Waals surface area contributed by atoms with E-state index in [4.69, 9.17) is 15.2 Å². The van der Waals surface area contributed by atoms with E-state index in [1.54, 1.807) is 7.11 Å². The molecular weight excluding hydrogens is 496 g/mol. The minimum atomic E-state index is -1.49. The summed E-state index contributed by atoms with van der Waals surface area (Å²) in [5.41, 5.74) is 6.68. The summed E-state index contributed by atoms with van der Waals surface area (Å²) in [6.07, 6.45) is 1.26. The van der Waals surface area contributed by atoms with Crippen LogP contribution in [0.15, 0.2) is 79.1 Å². The standard InChI is InChI=1S/C27H23F2N5O4/c1-37-20-9-2-16(3-10-20)14-31-23-13-24(33-15-32-23)38-22-11-4-17(12-21(22)29)25(26(30)35)27(36)34-19-7-5-18(28)6-8-19/h2-13,15,25H,14H2,1H3,(H2,30,35)(H,34,36)(H,31,32,33). The molecule has 1 atom stereocenters. The largest absolute Gasteiger partial charge is 0.497 e. The van der Waals surface area contributed by atoms with Crippen molar-refractivity contribution in [2.75, 3.05) is 17.7 Å².